The van der Waals surface area contributed by atoms with E-state index in [2.05, 4.69) is 35.6 Å². The Balaban J connectivity index is 1.92. The maximum Gasteiger partial charge on any atom is 0.0796 e. The zero-order chi connectivity index (χ0) is 11.3. The van der Waals surface area contributed by atoms with Gasteiger partial charge in [0.1, 0.15) is 0 Å². The van der Waals surface area contributed by atoms with Gasteiger partial charge in [0.05, 0.1) is 5.60 Å². The van der Waals surface area contributed by atoms with Crippen molar-refractivity contribution < 1.29 is 4.74 Å². The quantitative estimate of drug-likeness (QED) is 0.813. The molecular formula is C13H19NOS. The van der Waals surface area contributed by atoms with Crippen LogP contribution in [-0.4, -0.2) is 31.6 Å². The lowest BCUT2D eigenvalue weighted by Gasteiger charge is -2.36. The second-order valence-electron chi connectivity index (χ2n) is 4.24. The van der Waals surface area contributed by atoms with Crippen molar-refractivity contribution in [3.05, 3.63) is 30.3 Å². The Kier molecular flexibility index (Phi) is 4.27. The fourth-order valence-corrected chi connectivity index (χ4v) is 3.21. The Morgan fingerprint density at radius 1 is 1.25 bits per heavy atom. The molecule has 2 nitrogen and oxygen atoms in total. The van der Waals surface area contributed by atoms with Gasteiger partial charge in [0.15, 0.2) is 0 Å². The van der Waals surface area contributed by atoms with Crippen molar-refractivity contribution >= 4 is 11.8 Å². The Bertz CT molecular complexity index is 309. The fourth-order valence-electron chi connectivity index (χ4n) is 2.02. The molecule has 0 spiro atoms. The van der Waals surface area contributed by atoms with Crippen molar-refractivity contribution in [1.82, 2.24) is 5.32 Å². The molecule has 0 radical (unpaired) electrons. The molecule has 0 aromatic heterocycles. The number of thioether (sulfide) groups is 1. The average Bonchev–Trinajstić information content (AvgIpc) is 2.39. The first kappa shape index (κ1) is 12.0. The van der Waals surface area contributed by atoms with Crippen LogP contribution < -0.4 is 5.32 Å². The lowest BCUT2D eigenvalue weighted by Crippen LogP contribution is -2.45. The molecule has 1 aliphatic heterocycles. The second-order valence-corrected chi connectivity index (χ2v) is 5.29. The van der Waals surface area contributed by atoms with Crippen LogP contribution in [0.2, 0.25) is 0 Å². The highest BCUT2D eigenvalue weighted by Gasteiger charge is 2.31. The predicted molar refractivity (Wildman–Crippen MR) is 69.0 cm³/mol. The molecule has 88 valence electrons. The van der Waals surface area contributed by atoms with Crippen molar-refractivity contribution in [2.45, 2.75) is 23.3 Å². The zero-order valence-electron chi connectivity index (χ0n) is 9.74. The maximum absolute atomic E-state index is 5.74. The third-order valence-corrected chi connectivity index (χ3v) is 4.47. The van der Waals surface area contributed by atoms with Crippen LogP contribution in [0.25, 0.3) is 0 Å². The number of hydrogen-bond acceptors (Lipinski definition) is 3. The highest BCUT2D eigenvalue weighted by molar-refractivity contribution is 7.99. The van der Waals surface area contributed by atoms with Crippen LogP contribution in [0.3, 0.4) is 0 Å². The van der Waals surface area contributed by atoms with Crippen LogP contribution in [0.5, 0.6) is 0 Å². The Hall–Kier alpha value is -0.510. The fraction of sp³-hybridized carbons (Fsp3) is 0.538. The van der Waals surface area contributed by atoms with E-state index in [9.17, 15) is 0 Å². The third kappa shape index (κ3) is 3.00. The van der Waals surface area contributed by atoms with E-state index in [0.29, 0.717) is 0 Å². The van der Waals surface area contributed by atoms with E-state index < -0.39 is 0 Å². The molecule has 16 heavy (non-hydrogen) atoms. The van der Waals surface area contributed by atoms with E-state index in [1.807, 2.05) is 18.9 Å². The van der Waals surface area contributed by atoms with Gasteiger partial charge in [0.25, 0.3) is 0 Å². The van der Waals surface area contributed by atoms with Crippen LogP contribution in [0, 0.1) is 0 Å². The molecule has 1 aromatic carbocycles. The monoisotopic (exact) mass is 237 g/mol. The first-order valence-corrected chi connectivity index (χ1v) is 6.77. The van der Waals surface area contributed by atoms with Crippen molar-refractivity contribution in [3.8, 4) is 0 Å². The molecule has 1 aliphatic rings. The summed E-state index contributed by atoms with van der Waals surface area (Å²) in [5.41, 5.74) is 0.0752. The predicted octanol–water partition coefficient (Wildman–Crippen LogP) is 2.55. The van der Waals surface area contributed by atoms with Crippen LogP contribution in [0.15, 0.2) is 35.2 Å². The van der Waals surface area contributed by atoms with Gasteiger partial charge in [-0.15, -0.1) is 11.8 Å². The van der Waals surface area contributed by atoms with E-state index in [0.717, 1.165) is 31.7 Å². The number of hydrogen-bond donors (Lipinski definition) is 1. The van der Waals surface area contributed by atoms with Crippen LogP contribution >= 0.6 is 11.8 Å². The Morgan fingerprint density at radius 3 is 2.56 bits per heavy atom. The topological polar surface area (TPSA) is 21.3 Å². The van der Waals surface area contributed by atoms with Gasteiger partial charge in [0.2, 0.25) is 0 Å². The molecule has 0 saturated carbocycles. The lowest BCUT2D eigenvalue weighted by molar-refractivity contribution is -0.0136. The smallest absolute Gasteiger partial charge is 0.0796 e. The number of piperidine rings is 1. The van der Waals surface area contributed by atoms with Gasteiger partial charge in [-0.3, -0.25) is 0 Å². The van der Waals surface area contributed by atoms with Crippen LogP contribution in [0.1, 0.15) is 12.8 Å². The third-order valence-electron chi connectivity index (χ3n) is 3.19. The van der Waals surface area contributed by atoms with E-state index in [4.69, 9.17) is 4.74 Å². The highest BCUT2D eigenvalue weighted by Crippen LogP contribution is 2.30. The molecule has 2 rings (SSSR count). The van der Waals surface area contributed by atoms with Crippen LogP contribution in [0.4, 0.5) is 0 Å². The molecule has 0 aliphatic carbocycles. The second kappa shape index (κ2) is 5.71. The standard InChI is InChI=1S/C13H19NOS/c1-15-13(7-9-14-10-8-13)11-16-12-5-3-2-4-6-12/h2-6,14H,7-11H2,1H3. The molecule has 0 amide bonds. The minimum absolute atomic E-state index is 0.0752. The minimum Gasteiger partial charge on any atom is -0.377 e. The summed E-state index contributed by atoms with van der Waals surface area (Å²) in [6, 6.07) is 10.6. The summed E-state index contributed by atoms with van der Waals surface area (Å²) < 4.78 is 5.74. The van der Waals surface area contributed by atoms with Gasteiger partial charge in [0, 0.05) is 17.8 Å². The molecular weight excluding hydrogens is 218 g/mol. The summed E-state index contributed by atoms with van der Waals surface area (Å²) >= 11 is 1.90. The largest absolute Gasteiger partial charge is 0.377 e. The Morgan fingerprint density at radius 2 is 1.94 bits per heavy atom. The summed E-state index contributed by atoms with van der Waals surface area (Å²) in [7, 11) is 1.84. The summed E-state index contributed by atoms with van der Waals surface area (Å²) in [5.74, 6) is 1.05. The molecule has 1 fully saturated rings. The summed E-state index contributed by atoms with van der Waals surface area (Å²) in [4.78, 5) is 1.33. The number of benzene rings is 1. The van der Waals surface area contributed by atoms with Gasteiger partial charge in [-0.25, -0.2) is 0 Å². The van der Waals surface area contributed by atoms with Crippen molar-refractivity contribution in [1.29, 1.82) is 0 Å². The van der Waals surface area contributed by atoms with E-state index >= 15 is 0 Å². The van der Waals surface area contributed by atoms with Crippen LogP contribution in [-0.2, 0) is 4.74 Å². The summed E-state index contributed by atoms with van der Waals surface area (Å²) in [6.45, 7) is 2.15. The zero-order valence-corrected chi connectivity index (χ0v) is 10.6. The number of ether oxygens (including phenoxy) is 1. The lowest BCUT2D eigenvalue weighted by atomic mass is 9.94. The summed E-state index contributed by atoms with van der Waals surface area (Å²) in [5, 5.41) is 3.38. The number of rotatable bonds is 4. The molecule has 1 N–H and O–H groups in total. The first-order valence-electron chi connectivity index (χ1n) is 5.78. The van der Waals surface area contributed by atoms with Crippen molar-refractivity contribution in [2.24, 2.45) is 0 Å². The molecule has 3 heteroatoms. The minimum atomic E-state index is 0.0752. The molecule has 0 unspecified atom stereocenters. The van der Waals surface area contributed by atoms with Crippen molar-refractivity contribution in [2.75, 3.05) is 26.0 Å². The molecule has 1 saturated heterocycles. The molecule has 1 heterocycles. The van der Waals surface area contributed by atoms with Crippen molar-refractivity contribution in [3.63, 3.8) is 0 Å². The maximum atomic E-state index is 5.74. The van der Waals surface area contributed by atoms with Gasteiger partial charge in [-0.05, 0) is 38.1 Å². The van der Waals surface area contributed by atoms with Gasteiger partial charge in [-0.1, -0.05) is 18.2 Å². The first-order chi connectivity index (χ1) is 7.85. The highest BCUT2D eigenvalue weighted by atomic mass is 32.2. The average molecular weight is 237 g/mol. The van der Waals surface area contributed by atoms with Gasteiger partial charge < -0.3 is 10.1 Å². The number of methoxy groups -OCH3 is 1. The molecule has 1 aromatic rings. The van der Waals surface area contributed by atoms with E-state index in [1.54, 1.807) is 0 Å². The normalized spacial score (nSPS) is 19.6. The summed E-state index contributed by atoms with van der Waals surface area (Å²) in [6.07, 6.45) is 2.23. The Labute approximate surface area is 102 Å². The van der Waals surface area contributed by atoms with Gasteiger partial charge >= 0.3 is 0 Å². The molecule has 0 atom stereocenters. The van der Waals surface area contributed by atoms with Gasteiger partial charge in [-0.2, -0.15) is 0 Å². The SMILES string of the molecule is COC1(CSc2ccccc2)CCNCC1. The van der Waals surface area contributed by atoms with E-state index in [-0.39, 0.29) is 5.60 Å². The molecule has 0 bridgehead atoms. The van der Waals surface area contributed by atoms with E-state index in [1.165, 1.54) is 4.90 Å². The number of nitrogens with one attached hydrogen (secondary N) is 1.